The first kappa shape index (κ1) is 22.7. The summed E-state index contributed by atoms with van der Waals surface area (Å²) in [5, 5.41) is 0.351. The average molecular weight is 513 g/mol. The van der Waals surface area contributed by atoms with E-state index in [9.17, 15) is 9.59 Å². The zero-order valence-corrected chi connectivity index (χ0v) is 19.5. The summed E-state index contributed by atoms with van der Waals surface area (Å²) in [6, 6.07) is 10.9. The maximum absolute atomic E-state index is 12.5. The van der Waals surface area contributed by atoms with E-state index in [0.717, 1.165) is 17.3 Å². The molecule has 1 saturated heterocycles. The number of halogens is 2. The molecule has 9 heteroatoms. The highest BCUT2D eigenvalue weighted by Crippen LogP contribution is 2.38. The fourth-order valence-electron chi connectivity index (χ4n) is 2.69. The number of methoxy groups -OCH3 is 2. The number of thioether (sulfide) groups is 1. The third-order valence-corrected chi connectivity index (χ3v) is 6.12. The Labute approximate surface area is 192 Å². The van der Waals surface area contributed by atoms with Gasteiger partial charge in [0.1, 0.15) is 6.61 Å². The Morgan fingerprint density at radius 3 is 2.53 bits per heavy atom. The molecule has 0 saturated carbocycles. The molecule has 30 heavy (non-hydrogen) atoms. The second kappa shape index (κ2) is 10.3. The number of amides is 2. The van der Waals surface area contributed by atoms with Crippen LogP contribution in [0.1, 0.15) is 11.1 Å². The van der Waals surface area contributed by atoms with E-state index in [1.807, 2.05) is 12.1 Å². The number of hydrogen-bond donors (Lipinski definition) is 0. The molecule has 2 aromatic rings. The number of ether oxygens (including phenoxy) is 3. The van der Waals surface area contributed by atoms with Crippen LogP contribution in [0.5, 0.6) is 11.5 Å². The van der Waals surface area contributed by atoms with Crippen molar-refractivity contribution in [2.24, 2.45) is 0 Å². The van der Waals surface area contributed by atoms with Crippen LogP contribution in [0.15, 0.2) is 45.8 Å². The number of nitrogens with zero attached hydrogens (tertiary/aromatic N) is 1. The van der Waals surface area contributed by atoms with Crippen molar-refractivity contribution in [3.8, 4) is 11.5 Å². The summed E-state index contributed by atoms with van der Waals surface area (Å²) in [4.78, 5) is 26.1. The molecule has 0 atom stereocenters. The maximum atomic E-state index is 12.5. The first-order valence-electron chi connectivity index (χ1n) is 8.92. The number of benzene rings is 2. The van der Waals surface area contributed by atoms with Crippen LogP contribution in [-0.2, 0) is 16.1 Å². The lowest BCUT2D eigenvalue weighted by molar-refractivity contribution is -0.123. The third-order valence-electron chi connectivity index (χ3n) is 4.27. The van der Waals surface area contributed by atoms with Crippen molar-refractivity contribution < 1.29 is 23.8 Å². The summed E-state index contributed by atoms with van der Waals surface area (Å²) in [5.41, 5.74) is 1.66. The Hall–Kier alpha value is -2.00. The maximum Gasteiger partial charge on any atom is 0.293 e. The van der Waals surface area contributed by atoms with Gasteiger partial charge in [-0.3, -0.25) is 14.5 Å². The van der Waals surface area contributed by atoms with Crippen molar-refractivity contribution in [1.82, 2.24) is 4.90 Å². The first-order chi connectivity index (χ1) is 14.4. The van der Waals surface area contributed by atoms with Gasteiger partial charge in [-0.2, -0.15) is 0 Å². The predicted octanol–water partition coefficient (Wildman–Crippen LogP) is 5.37. The fourth-order valence-corrected chi connectivity index (χ4v) is 4.11. The molecule has 0 spiro atoms. The van der Waals surface area contributed by atoms with E-state index in [1.165, 1.54) is 12.0 Å². The Bertz CT molecular complexity index is 980. The molecule has 0 unspecified atom stereocenters. The van der Waals surface area contributed by atoms with Gasteiger partial charge in [-0.15, -0.1) is 0 Å². The normalized spacial score (nSPS) is 15.2. The van der Waals surface area contributed by atoms with Gasteiger partial charge in [0, 0.05) is 16.6 Å². The van der Waals surface area contributed by atoms with Crippen molar-refractivity contribution in [3.63, 3.8) is 0 Å². The van der Waals surface area contributed by atoms with E-state index in [2.05, 4.69) is 15.9 Å². The topological polar surface area (TPSA) is 65.1 Å². The van der Waals surface area contributed by atoms with Gasteiger partial charge in [0.2, 0.25) is 0 Å². The van der Waals surface area contributed by atoms with E-state index in [4.69, 9.17) is 25.8 Å². The van der Waals surface area contributed by atoms with Crippen LogP contribution in [0, 0.1) is 0 Å². The smallest absolute Gasteiger partial charge is 0.293 e. The summed E-state index contributed by atoms with van der Waals surface area (Å²) in [5.74, 6) is 0.720. The molecule has 6 nitrogen and oxygen atoms in total. The van der Waals surface area contributed by atoms with Crippen LogP contribution >= 0.6 is 39.3 Å². The average Bonchev–Trinajstić information content (AvgIpc) is 3.00. The molecular weight excluding hydrogens is 494 g/mol. The standard InChI is InChI=1S/C21H19BrClNO5S/c1-27-8-7-24-20(25)19(30-21(24)26)10-14-9-17(28-2)18(11-16(14)22)29-12-13-3-5-15(23)6-4-13/h3-6,9-11H,7-8,12H2,1-2H3/b19-10+. The lowest BCUT2D eigenvalue weighted by Gasteiger charge is -2.13. The molecular formula is C21H19BrClNO5S. The highest BCUT2D eigenvalue weighted by molar-refractivity contribution is 9.10. The Morgan fingerprint density at radius 2 is 1.87 bits per heavy atom. The largest absolute Gasteiger partial charge is 0.493 e. The van der Waals surface area contributed by atoms with E-state index in [-0.39, 0.29) is 17.7 Å². The summed E-state index contributed by atoms with van der Waals surface area (Å²) in [7, 11) is 3.07. The van der Waals surface area contributed by atoms with Crippen LogP contribution in [0.2, 0.25) is 5.02 Å². The second-order valence-electron chi connectivity index (χ2n) is 6.27. The van der Waals surface area contributed by atoms with E-state index in [1.54, 1.807) is 37.5 Å². The van der Waals surface area contributed by atoms with Gasteiger partial charge < -0.3 is 14.2 Å². The lowest BCUT2D eigenvalue weighted by Crippen LogP contribution is -2.31. The molecule has 1 aliphatic heterocycles. The molecule has 0 aromatic heterocycles. The van der Waals surface area contributed by atoms with Crippen molar-refractivity contribution in [2.75, 3.05) is 27.4 Å². The fraction of sp³-hybridized carbons (Fsp3) is 0.238. The molecule has 0 bridgehead atoms. The van der Waals surface area contributed by atoms with E-state index in [0.29, 0.717) is 44.7 Å². The zero-order chi connectivity index (χ0) is 21.7. The molecule has 0 aliphatic carbocycles. The minimum Gasteiger partial charge on any atom is -0.493 e. The summed E-state index contributed by atoms with van der Waals surface area (Å²) < 4.78 is 17.0. The Morgan fingerprint density at radius 1 is 1.13 bits per heavy atom. The van der Waals surface area contributed by atoms with Crippen LogP contribution in [0.4, 0.5) is 4.79 Å². The zero-order valence-electron chi connectivity index (χ0n) is 16.3. The van der Waals surface area contributed by atoms with Gasteiger partial charge in [-0.1, -0.05) is 39.7 Å². The molecule has 1 heterocycles. The van der Waals surface area contributed by atoms with E-state index < -0.39 is 0 Å². The monoisotopic (exact) mass is 511 g/mol. The highest BCUT2D eigenvalue weighted by atomic mass is 79.9. The number of carbonyl (C=O) groups is 2. The van der Waals surface area contributed by atoms with Crippen molar-refractivity contribution in [3.05, 3.63) is 61.9 Å². The van der Waals surface area contributed by atoms with Crippen molar-refractivity contribution >= 4 is 56.5 Å². The second-order valence-corrected chi connectivity index (χ2v) is 8.55. The van der Waals surface area contributed by atoms with Crippen LogP contribution in [0.3, 0.4) is 0 Å². The molecule has 3 rings (SSSR count). The molecule has 1 fully saturated rings. The quantitative estimate of drug-likeness (QED) is 0.443. The summed E-state index contributed by atoms with van der Waals surface area (Å²) >= 11 is 10.3. The molecule has 0 radical (unpaired) electrons. The molecule has 1 aliphatic rings. The van der Waals surface area contributed by atoms with Crippen LogP contribution < -0.4 is 9.47 Å². The molecule has 158 valence electrons. The van der Waals surface area contributed by atoms with Gasteiger partial charge in [-0.25, -0.2) is 0 Å². The first-order valence-corrected chi connectivity index (χ1v) is 10.9. The Balaban J connectivity index is 1.80. The van der Waals surface area contributed by atoms with Gasteiger partial charge in [0.25, 0.3) is 11.1 Å². The highest BCUT2D eigenvalue weighted by Gasteiger charge is 2.34. The van der Waals surface area contributed by atoms with Crippen LogP contribution in [-0.4, -0.2) is 43.4 Å². The minimum absolute atomic E-state index is 0.223. The van der Waals surface area contributed by atoms with Crippen LogP contribution in [0.25, 0.3) is 6.08 Å². The molecule has 2 amide bonds. The Kier molecular flexibility index (Phi) is 7.82. The van der Waals surface area contributed by atoms with Gasteiger partial charge in [-0.05, 0) is 53.2 Å². The minimum atomic E-state index is -0.337. The van der Waals surface area contributed by atoms with Crippen molar-refractivity contribution in [1.29, 1.82) is 0 Å². The predicted molar refractivity (Wildman–Crippen MR) is 121 cm³/mol. The SMILES string of the molecule is COCCN1C(=O)S/C(=C/c2cc(OC)c(OCc3ccc(Cl)cc3)cc2Br)C1=O. The van der Waals surface area contributed by atoms with Crippen molar-refractivity contribution in [2.45, 2.75) is 6.61 Å². The van der Waals surface area contributed by atoms with Gasteiger partial charge in [0.05, 0.1) is 25.2 Å². The number of hydrogen-bond acceptors (Lipinski definition) is 6. The number of carbonyl (C=O) groups excluding carboxylic acids is 2. The summed E-state index contributed by atoms with van der Waals surface area (Å²) in [6.45, 7) is 0.862. The summed E-state index contributed by atoms with van der Waals surface area (Å²) in [6.07, 6.45) is 1.66. The van der Waals surface area contributed by atoms with E-state index >= 15 is 0 Å². The number of imide groups is 1. The molecule has 0 N–H and O–H groups in total. The van der Waals surface area contributed by atoms with Gasteiger partial charge in [0.15, 0.2) is 11.5 Å². The third kappa shape index (κ3) is 5.37. The number of rotatable bonds is 8. The van der Waals surface area contributed by atoms with Gasteiger partial charge >= 0.3 is 0 Å². The lowest BCUT2D eigenvalue weighted by atomic mass is 10.1. The molecule has 2 aromatic carbocycles.